The summed E-state index contributed by atoms with van der Waals surface area (Å²) in [6, 6.07) is 9.77. The Bertz CT molecular complexity index is 956. The number of rotatable bonds is 5. The first-order valence-corrected chi connectivity index (χ1v) is 10.3. The van der Waals surface area contributed by atoms with Crippen molar-refractivity contribution in [2.45, 2.75) is 33.2 Å². The second-order valence-corrected chi connectivity index (χ2v) is 7.55. The molecule has 0 bridgehead atoms. The number of esters is 1. The van der Waals surface area contributed by atoms with E-state index in [9.17, 15) is 9.59 Å². The summed E-state index contributed by atoms with van der Waals surface area (Å²) in [5.41, 5.74) is 4.16. The third kappa shape index (κ3) is 4.55. The molecule has 1 aliphatic rings. The average molecular weight is 409 g/mol. The first kappa shape index (κ1) is 21.6. The number of carbonyl (C=O) groups is 2. The maximum atomic E-state index is 13.2. The fourth-order valence-electron chi connectivity index (χ4n) is 3.95. The van der Waals surface area contributed by atoms with Crippen LogP contribution in [0.4, 0.5) is 0 Å². The van der Waals surface area contributed by atoms with E-state index >= 15 is 0 Å². The Morgan fingerprint density at radius 3 is 2.53 bits per heavy atom. The van der Waals surface area contributed by atoms with Gasteiger partial charge in [-0.05, 0) is 43.0 Å². The largest absolute Gasteiger partial charge is 0.465 e. The topological polar surface area (TPSA) is 89.4 Å². The lowest BCUT2D eigenvalue weighted by atomic mass is 10.1. The van der Waals surface area contributed by atoms with E-state index in [4.69, 9.17) is 10.00 Å². The highest BCUT2D eigenvalue weighted by Crippen LogP contribution is 2.22. The SMILES string of the molecule is CCc1[nH]c(C(=O)N2CCCN(Cc3ccc(C#N)cc3)CC2)c(C)c1C(=O)OC. The molecular formula is C23H28N4O3. The molecule has 0 atom stereocenters. The molecule has 1 aliphatic heterocycles. The summed E-state index contributed by atoms with van der Waals surface area (Å²) in [6.45, 7) is 7.51. The molecule has 0 saturated carbocycles. The highest BCUT2D eigenvalue weighted by molar-refractivity contribution is 6.00. The normalized spacial score (nSPS) is 14.8. The van der Waals surface area contributed by atoms with Crippen LogP contribution >= 0.6 is 0 Å². The van der Waals surface area contributed by atoms with Crippen LogP contribution in [0.2, 0.25) is 0 Å². The van der Waals surface area contributed by atoms with Crippen LogP contribution in [0.5, 0.6) is 0 Å². The van der Waals surface area contributed by atoms with Crippen LogP contribution in [0.3, 0.4) is 0 Å². The van der Waals surface area contributed by atoms with E-state index in [2.05, 4.69) is 16.0 Å². The second kappa shape index (κ2) is 9.59. The number of carbonyl (C=O) groups excluding carboxylic acids is 2. The fourth-order valence-corrected chi connectivity index (χ4v) is 3.95. The van der Waals surface area contributed by atoms with E-state index in [1.165, 1.54) is 7.11 Å². The van der Waals surface area contributed by atoms with Crippen LogP contribution in [0.25, 0.3) is 0 Å². The molecular weight excluding hydrogens is 380 g/mol. The Labute approximate surface area is 177 Å². The van der Waals surface area contributed by atoms with Gasteiger partial charge in [-0.1, -0.05) is 19.1 Å². The lowest BCUT2D eigenvalue weighted by Crippen LogP contribution is -2.35. The van der Waals surface area contributed by atoms with Crippen molar-refractivity contribution in [3.8, 4) is 6.07 Å². The van der Waals surface area contributed by atoms with Crippen molar-refractivity contribution in [3.63, 3.8) is 0 Å². The molecule has 1 aromatic heterocycles. The van der Waals surface area contributed by atoms with Crippen LogP contribution in [0, 0.1) is 18.3 Å². The van der Waals surface area contributed by atoms with E-state index in [0.717, 1.165) is 37.3 Å². The van der Waals surface area contributed by atoms with Gasteiger partial charge in [0.15, 0.2) is 0 Å². The molecule has 0 unspecified atom stereocenters. The zero-order valence-electron chi connectivity index (χ0n) is 17.8. The third-order valence-corrected chi connectivity index (χ3v) is 5.65. The summed E-state index contributed by atoms with van der Waals surface area (Å²) < 4.78 is 4.90. The van der Waals surface area contributed by atoms with Crippen molar-refractivity contribution in [1.29, 1.82) is 5.26 Å². The molecule has 1 amide bonds. The number of amides is 1. The smallest absolute Gasteiger partial charge is 0.339 e. The predicted molar refractivity (Wildman–Crippen MR) is 113 cm³/mol. The first-order valence-electron chi connectivity index (χ1n) is 10.3. The van der Waals surface area contributed by atoms with Crippen molar-refractivity contribution >= 4 is 11.9 Å². The number of nitrogens with one attached hydrogen (secondary N) is 1. The highest BCUT2D eigenvalue weighted by atomic mass is 16.5. The number of H-pyrrole nitrogens is 1. The predicted octanol–water partition coefficient (Wildman–Crippen LogP) is 2.89. The molecule has 1 fully saturated rings. The van der Waals surface area contributed by atoms with Crippen molar-refractivity contribution in [3.05, 3.63) is 57.9 Å². The van der Waals surface area contributed by atoms with Gasteiger partial charge in [0.25, 0.3) is 5.91 Å². The van der Waals surface area contributed by atoms with Crippen LogP contribution in [0.15, 0.2) is 24.3 Å². The van der Waals surface area contributed by atoms with Crippen LogP contribution in [-0.2, 0) is 17.7 Å². The number of hydrogen-bond acceptors (Lipinski definition) is 5. The van der Waals surface area contributed by atoms with Crippen molar-refractivity contribution in [2.24, 2.45) is 0 Å². The molecule has 2 heterocycles. The van der Waals surface area contributed by atoms with Crippen molar-refractivity contribution in [2.75, 3.05) is 33.3 Å². The van der Waals surface area contributed by atoms with E-state index in [-0.39, 0.29) is 5.91 Å². The van der Waals surface area contributed by atoms with Gasteiger partial charge in [-0.2, -0.15) is 5.26 Å². The standard InChI is InChI=1S/C23H28N4O3/c1-4-19-20(23(29)30-3)16(2)21(25-19)22(28)27-11-5-10-26(12-13-27)15-18-8-6-17(14-24)7-9-18/h6-9,25H,4-5,10-13,15H2,1-3H3. The zero-order chi connectivity index (χ0) is 21.7. The molecule has 3 rings (SSSR count). The molecule has 2 aromatic rings. The van der Waals surface area contributed by atoms with Crippen molar-refractivity contribution in [1.82, 2.24) is 14.8 Å². The van der Waals surface area contributed by atoms with Crippen LogP contribution in [0.1, 0.15) is 56.6 Å². The number of hydrogen-bond donors (Lipinski definition) is 1. The molecule has 1 N–H and O–H groups in total. The summed E-state index contributed by atoms with van der Waals surface area (Å²) in [5, 5.41) is 8.93. The number of ether oxygens (including phenoxy) is 1. The second-order valence-electron chi connectivity index (χ2n) is 7.55. The summed E-state index contributed by atoms with van der Waals surface area (Å²) in [6.07, 6.45) is 1.50. The average Bonchev–Trinajstić information content (AvgIpc) is 2.94. The Balaban J connectivity index is 1.69. The summed E-state index contributed by atoms with van der Waals surface area (Å²) in [7, 11) is 1.35. The van der Waals surface area contributed by atoms with Crippen LogP contribution in [-0.4, -0.2) is 59.9 Å². The van der Waals surface area contributed by atoms with Gasteiger partial charge in [-0.15, -0.1) is 0 Å². The monoisotopic (exact) mass is 408 g/mol. The van der Waals surface area contributed by atoms with E-state index in [1.807, 2.05) is 36.1 Å². The molecule has 7 nitrogen and oxygen atoms in total. The third-order valence-electron chi connectivity index (χ3n) is 5.65. The van der Waals surface area contributed by atoms with E-state index in [0.29, 0.717) is 41.9 Å². The molecule has 1 aromatic carbocycles. The molecule has 158 valence electrons. The number of aromatic nitrogens is 1. The number of nitriles is 1. The number of aryl methyl sites for hydroxylation is 1. The fraction of sp³-hybridized carbons (Fsp3) is 0.435. The van der Waals surface area contributed by atoms with Gasteiger partial charge in [-0.25, -0.2) is 4.79 Å². The van der Waals surface area contributed by atoms with Gasteiger partial charge in [0.1, 0.15) is 5.69 Å². The Kier molecular flexibility index (Phi) is 6.91. The number of methoxy groups -OCH3 is 1. The van der Waals surface area contributed by atoms with Gasteiger partial charge in [0.05, 0.1) is 24.3 Å². The zero-order valence-corrected chi connectivity index (χ0v) is 17.8. The summed E-state index contributed by atoms with van der Waals surface area (Å²) in [5.74, 6) is -0.485. The molecule has 1 saturated heterocycles. The lowest BCUT2D eigenvalue weighted by molar-refractivity contribution is 0.0599. The molecule has 0 radical (unpaired) electrons. The summed E-state index contributed by atoms with van der Waals surface area (Å²) >= 11 is 0. The maximum absolute atomic E-state index is 13.2. The first-order chi connectivity index (χ1) is 14.5. The Morgan fingerprint density at radius 1 is 1.17 bits per heavy atom. The summed E-state index contributed by atoms with van der Waals surface area (Å²) in [4.78, 5) is 32.7. The lowest BCUT2D eigenvalue weighted by Gasteiger charge is -2.22. The number of benzene rings is 1. The molecule has 30 heavy (non-hydrogen) atoms. The quantitative estimate of drug-likeness (QED) is 0.769. The number of nitrogens with zero attached hydrogens (tertiary/aromatic N) is 3. The highest BCUT2D eigenvalue weighted by Gasteiger charge is 2.27. The van der Waals surface area contributed by atoms with Gasteiger partial charge < -0.3 is 14.6 Å². The van der Waals surface area contributed by atoms with Gasteiger partial charge in [0, 0.05) is 38.4 Å². The Hall–Kier alpha value is -3.11. The molecule has 0 aliphatic carbocycles. The minimum atomic E-state index is -0.413. The maximum Gasteiger partial charge on any atom is 0.339 e. The van der Waals surface area contributed by atoms with E-state index < -0.39 is 5.97 Å². The van der Waals surface area contributed by atoms with Crippen LogP contribution < -0.4 is 0 Å². The number of aromatic amines is 1. The van der Waals surface area contributed by atoms with Gasteiger partial charge >= 0.3 is 5.97 Å². The Morgan fingerprint density at radius 2 is 1.90 bits per heavy atom. The molecule has 7 heteroatoms. The van der Waals surface area contributed by atoms with Gasteiger partial charge in [-0.3, -0.25) is 9.69 Å². The van der Waals surface area contributed by atoms with E-state index in [1.54, 1.807) is 6.92 Å². The van der Waals surface area contributed by atoms with Gasteiger partial charge in [0.2, 0.25) is 0 Å². The molecule has 0 spiro atoms. The minimum Gasteiger partial charge on any atom is -0.465 e. The van der Waals surface area contributed by atoms with Crippen molar-refractivity contribution < 1.29 is 14.3 Å². The minimum absolute atomic E-state index is 0.0717.